The average molecular weight is 706 g/mol. The van der Waals surface area contributed by atoms with E-state index in [9.17, 15) is 22.5 Å². The number of hydrogen-bond acceptors (Lipinski definition) is 11. The quantitative estimate of drug-likeness (QED) is 0.0922. The van der Waals surface area contributed by atoms with Crippen molar-refractivity contribution < 1.29 is 41.4 Å². The number of carbonyl (C=O) groups is 1. The second-order valence-electron chi connectivity index (χ2n) is 10.7. The van der Waals surface area contributed by atoms with Gasteiger partial charge in [0.25, 0.3) is 5.91 Å². The number of aromatic nitrogens is 4. The zero-order chi connectivity index (χ0) is 35.8. The highest BCUT2D eigenvalue weighted by Crippen LogP contribution is 2.51. The van der Waals surface area contributed by atoms with Crippen molar-refractivity contribution in [3.8, 4) is 16.9 Å². The summed E-state index contributed by atoms with van der Waals surface area (Å²) in [6.45, 7) is 5.99. The SMILES string of the molecule is CCOP(=O)(Cc1ccc(Nc2ncc(C(F)(F)F)c(Nc3ccc(-c4cnn(CCCO)c4)c(C)c3C(=O)NC)n2)c(OC)c1)OCC. The zero-order valence-corrected chi connectivity index (χ0v) is 28.6. The summed E-state index contributed by atoms with van der Waals surface area (Å²) >= 11 is 0. The normalized spacial score (nSPS) is 11.8. The van der Waals surface area contributed by atoms with E-state index < -0.39 is 31.1 Å². The average Bonchev–Trinajstić information content (AvgIpc) is 3.52. The zero-order valence-electron chi connectivity index (χ0n) is 27.7. The Morgan fingerprint density at radius 3 is 2.41 bits per heavy atom. The van der Waals surface area contributed by atoms with E-state index >= 15 is 0 Å². The molecule has 4 aromatic rings. The lowest BCUT2D eigenvalue weighted by Crippen LogP contribution is -2.21. The molecule has 4 N–H and O–H groups in total. The van der Waals surface area contributed by atoms with Crippen molar-refractivity contribution in [1.82, 2.24) is 25.1 Å². The van der Waals surface area contributed by atoms with Gasteiger partial charge in [0, 0.05) is 38.2 Å². The van der Waals surface area contributed by atoms with Crippen LogP contribution < -0.4 is 20.7 Å². The molecule has 2 aromatic heterocycles. The first-order chi connectivity index (χ1) is 23.4. The number of ether oxygens (including phenoxy) is 1. The molecule has 0 saturated carbocycles. The van der Waals surface area contributed by atoms with E-state index in [0.717, 1.165) is 0 Å². The van der Waals surface area contributed by atoms with Crippen LogP contribution in [0.5, 0.6) is 5.75 Å². The predicted octanol–water partition coefficient (Wildman–Crippen LogP) is 6.67. The van der Waals surface area contributed by atoms with Gasteiger partial charge in [-0.05, 0) is 62.1 Å². The smallest absolute Gasteiger partial charge is 0.421 e. The van der Waals surface area contributed by atoms with Gasteiger partial charge in [-0.2, -0.15) is 23.3 Å². The van der Waals surface area contributed by atoms with Gasteiger partial charge < -0.3 is 34.8 Å². The number of aliphatic hydroxyl groups is 1. The number of methoxy groups -OCH3 is 1. The lowest BCUT2D eigenvalue weighted by molar-refractivity contribution is -0.137. The van der Waals surface area contributed by atoms with Crippen LogP contribution in [0, 0.1) is 6.92 Å². The van der Waals surface area contributed by atoms with Gasteiger partial charge in [-0.15, -0.1) is 0 Å². The monoisotopic (exact) mass is 705 g/mol. The number of aryl methyl sites for hydroxylation is 1. The Hall–Kier alpha value is -4.50. The van der Waals surface area contributed by atoms with Crippen LogP contribution in [0.2, 0.25) is 0 Å². The van der Waals surface area contributed by atoms with E-state index in [1.165, 1.54) is 20.2 Å². The van der Waals surface area contributed by atoms with Gasteiger partial charge >= 0.3 is 13.8 Å². The number of nitrogens with zero attached hydrogens (tertiary/aromatic N) is 4. The molecule has 0 unspecified atom stereocenters. The topological polar surface area (TPSA) is 162 Å². The Morgan fingerprint density at radius 2 is 1.78 bits per heavy atom. The highest BCUT2D eigenvalue weighted by Gasteiger charge is 2.36. The fourth-order valence-electron chi connectivity index (χ4n) is 5.08. The molecule has 0 saturated heterocycles. The highest BCUT2D eigenvalue weighted by atomic mass is 31.2. The Kier molecular flexibility index (Phi) is 12.4. The molecule has 17 heteroatoms. The Balaban J connectivity index is 1.70. The first-order valence-electron chi connectivity index (χ1n) is 15.4. The van der Waals surface area contributed by atoms with E-state index in [4.69, 9.17) is 18.9 Å². The van der Waals surface area contributed by atoms with Crippen LogP contribution in [0.3, 0.4) is 0 Å². The van der Waals surface area contributed by atoms with Crippen molar-refractivity contribution in [2.75, 3.05) is 44.6 Å². The Bertz CT molecular complexity index is 1810. The highest BCUT2D eigenvalue weighted by molar-refractivity contribution is 7.53. The van der Waals surface area contributed by atoms with Gasteiger partial charge in [0.2, 0.25) is 5.95 Å². The van der Waals surface area contributed by atoms with E-state index in [2.05, 4.69) is 31.0 Å². The standard InChI is InChI=1S/C32H39F3N7O6P/c1-6-47-49(45,48-7-2)19-21-9-11-25(27(15-21)46-5)40-31-37-17-24(32(33,34)35)29(41-31)39-26-12-10-23(20(3)28(26)30(44)36-4)22-16-38-42(18-22)13-8-14-43/h9-12,15-18,43H,6-8,13-14,19H2,1-5H3,(H,36,44)(H2,37,39,40,41). The number of rotatable bonds is 16. The minimum absolute atomic E-state index is 0.00344. The molecule has 0 spiro atoms. The number of carbonyl (C=O) groups excluding carboxylic acids is 1. The van der Waals surface area contributed by atoms with Gasteiger partial charge in [0.05, 0.1) is 49.6 Å². The molecule has 1 amide bonds. The molecule has 0 atom stereocenters. The van der Waals surface area contributed by atoms with Crippen molar-refractivity contribution in [2.24, 2.45) is 0 Å². The summed E-state index contributed by atoms with van der Waals surface area (Å²) in [6, 6.07) is 8.01. The summed E-state index contributed by atoms with van der Waals surface area (Å²) in [7, 11) is -0.587. The van der Waals surface area contributed by atoms with Crippen LogP contribution >= 0.6 is 7.60 Å². The maximum absolute atomic E-state index is 14.2. The molecule has 4 rings (SSSR count). The molecule has 0 radical (unpaired) electrons. The number of benzene rings is 2. The number of halogens is 3. The van der Waals surface area contributed by atoms with Crippen LogP contribution in [-0.2, 0) is 32.5 Å². The number of aliphatic hydroxyl groups excluding tert-OH is 1. The third-order valence-electron chi connectivity index (χ3n) is 7.30. The van der Waals surface area contributed by atoms with Gasteiger partial charge in [-0.3, -0.25) is 14.0 Å². The van der Waals surface area contributed by atoms with Gasteiger partial charge in [0.15, 0.2) is 0 Å². The third kappa shape index (κ3) is 9.15. The molecule has 2 heterocycles. The lowest BCUT2D eigenvalue weighted by atomic mass is 9.96. The summed E-state index contributed by atoms with van der Waals surface area (Å²) in [4.78, 5) is 21.1. The molecule has 13 nitrogen and oxygen atoms in total. The third-order valence-corrected chi connectivity index (χ3v) is 9.35. The molecule has 0 aliphatic heterocycles. The maximum Gasteiger partial charge on any atom is 0.421 e. The first-order valence-corrected chi connectivity index (χ1v) is 17.1. The van der Waals surface area contributed by atoms with Crippen molar-refractivity contribution in [1.29, 1.82) is 0 Å². The molecule has 0 aliphatic carbocycles. The molecule has 49 heavy (non-hydrogen) atoms. The van der Waals surface area contributed by atoms with Gasteiger partial charge in [-0.25, -0.2) is 4.98 Å². The Morgan fingerprint density at radius 1 is 1.06 bits per heavy atom. The van der Waals surface area contributed by atoms with Crippen LogP contribution in [0.25, 0.3) is 11.1 Å². The first kappa shape index (κ1) is 37.3. The fourth-order valence-corrected chi connectivity index (χ4v) is 6.77. The number of hydrogen-bond donors (Lipinski definition) is 4. The van der Waals surface area contributed by atoms with E-state index in [0.29, 0.717) is 47.1 Å². The van der Waals surface area contributed by atoms with Crippen LogP contribution in [0.4, 0.5) is 36.3 Å². The number of nitrogens with one attached hydrogen (secondary N) is 3. The summed E-state index contributed by atoms with van der Waals surface area (Å²) in [6.07, 6.45) is -0.328. The molecule has 0 bridgehead atoms. The molecule has 0 aliphatic rings. The molecule has 2 aromatic carbocycles. The molecular formula is C32H39F3N7O6P. The van der Waals surface area contributed by atoms with Gasteiger partial charge in [0.1, 0.15) is 17.1 Å². The minimum Gasteiger partial charge on any atom is -0.495 e. The van der Waals surface area contributed by atoms with Crippen molar-refractivity contribution in [3.63, 3.8) is 0 Å². The Labute approximate surface area is 281 Å². The number of anilines is 4. The van der Waals surface area contributed by atoms with Crippen molar-refractivity contribution >= 4 is 36.6 Å². The predicted molar refractivity (Wildman–Crippen MR) is 179 cm³/mol. The molecule has 0 fully saturated rings. The van der Waals surface area contributed by atoms with Crippen LogP contribution in [0.1, 0.15) is 47.3 Å². The van der Waals surface area contributed by atoms with Crippen LogP contribution in [-0.4, -0.2) is 64.7 Å². The summed E-state index contributed by atoms with van der Waals surface area (Å²) < 4.78 is 73.5. The van der Waals surface area contributed by atoms with Gasteiger partial charge in [-0.1, -0.05) is 12.1 Å². The van der Waals surface area contributed by atoms with Crippen molar-refractivity contribution in [2.45, 2.75) is 46.1 Å². The fraction of sp³-hybridized carbons (Fsp3) is 0.375. The lowest BCUT2D eigenvalue weighted by Gasteiger charge is -2.19. The summed E-state index contributed by atoms with van der Waals surface area (Å²) in [5.41, 5.74) is 1.78. The number of amides is 1. The minimum atomic E-state index is -4.83. The summed E-state index contributed by atoms with van der Waals surface area (Å²) in [5, 5.41) is 21.6. The number of alkyl halides is 3. The largest absolute Gasteiger partial charge is 0.495 e. The van der Waals surface area contributed by atoms with E-state index in [1.54, 1.807) is 62.1 Å². The second-order valence-corrected chi connectivity index (χ2v) is 12.7. The second kappa shape index (κ2) is 16.3. The van der Waals surface area contributed by atoms with E-state index in [-0.39, 0.29) is 48.9 Å². The van der Waals surface area contributed by atoms with Crippen molar-refractivity contribution in [3.05, 3.63) is 71.2 Å². The molecular weight excluding hydrogens is 666 g/mol. The van der Waals surface area contributed by atoms with Crippen LogP contribution in [0.15, 0.2) is 48.9 Å². The molecule has 264 valence electrons. The summed E-state index contributed by atoms with van der Waals surface area (Å²) in [5.74, 6) is -1.04. The maximum atomic E-state index is 14.2. The van der Waals surface area contributed by atoms with E-state index in [1.807, 2.05) is 0 Å².